The van der Waals surface area contributed by atoms with Gasteiger partial charge in [0.2, 0.25) is 0 Å². The van der Waals surface area contributed by atoms with Crippen LogP contribution in [0.2, 0.25) is 0 Å². The summed E-state index contributed by atoms with van der Waals surface area (Å²) in [5.41, 5.74) is -0.683. The Kier molecular flexibility index (Phi) is 3.30. The van der Waals surface area contributed by atoms with Crippen LogP contribution in [0.1, 0.15) is 5.56 Å². The fraction of sp³-hybridized carbons (Fsp3) is 0. The molecule has 1 aromatic carbocycles. The molecule has 2 rings (SSSR count). The van der Waals surface area contributed by atoms with E-state index in [1.54, 1.807) is 12.1 Å². The zero-order chi connectivity index (χ0) is 12.7. The lowest BCUT2D eigenvalue weighted by molar-refractivity contribution is 0.465. The predicted octanol–water partition coefficient (Wildman–Crippen LogP) is 3.66. The molecule has 0 amide bonds. The second kappa shape index (κ2) is 4.44. The van der Waals surface area contributed by atoms with E-state index in [4.69, 9.17) is 9.68 Å². The third kappa shape index (κ3) is 1.90. The number of aromatic hydroxyl groups is 1. The Bertz CT molecular complexity index is 730. The minimum Gasteiger partial charge on any atom is -0.505 e. The minimum absolute atomic E-state index is 0.0720. The maximum atomic E-state index is 11.5. The molecule has 1 heterocycles. The fourth-order valence-corrected chi connectivity index (χ4v) is 3.06. The summed E-state index contributed by atoms with van der Waals surface area (Å²) in [6, 6.07) is 3.32. The first-order chi connectivity index (χ1) is 7.97. The maximum Gasteiger partial charge on any atom is 0.355 e. The van der Waals surface area contributed by atoms with E-state index in [1.807, 2.05) is 0 Å². The fourth-order valence-electron chi connectivity index (χ4n) is 1.32. The van der Waals surface area contributed by atoms with Crippen LogP contribution in [-0.4, -0.2) is 5.11 Å². The third-order valence-electron chi connectivity index (χ3n) is 2.12. The van der Waals surface area contributed by atoms with Gasteiger partial charge in [0.25, 0.3) is 0 Å². The molecule has 2 aromatic rings. The van der Waals surface area contributed by atoms with Crippen molar-refractivity contribution in [2.24, 2.45) is 0 Å². The van der Waals surface area contributed by atoms with E-state index in [1.165, 1.54) is 0 Å². The number of phenolic OH excluding ortho intramolecular Hbond substituents is 1. The molecule has 0 fully saturated rings. The first-order valence-corrected chi connectivity index (χ1v) is 6.58. The van der Waals surface area contributed by atoms with Gasteiger partial charge in [-0.1, -0.05) is 0 Å². The maximum absolute atomic E-state index is 11.5. The highest BCUT2D eigenvalue weighted by molar-refractivity contribution is 9.11. The van der Waals surface area contributed by atoms with Gasteiger partial charge in [0.05, 0.1) is 8.95 Å². The second-order valence-corrected chi connectivity index (χ2v) is 5.53. The van der Waals surface area contributed by atoms with Crippen LogP contribution in [0.4, 0.5) is 0 Å². The summed E-state index contributed by atoms with van der Waals surface area (Å²) in [5, 5.41) is 19.0. The van der Waals surface area contributed by atoms with Gasteiger partial charge in [0.15, 0.2) is 11.1 Å². The molecule has 0 aliphatic heterocycles. The highest BCUT2D eigenvalue weighted by Gasteiger charge is 2.18. The standard InChI is InChI=1S/C10H2Br3NO3/c11-5-1-3-6(12)4(2-14)10(16)17-9(3)7(13)8(5)15/h1,15H. The van der Waals surface area contributed by atoms with E-state index in [0.717, 1.165) is 0 Å². The number of hydrogen-bond donors (Lipinski definition) is 1. The molecular formula is C10H2Br3NO3. The summed E-state index contributed by atoms with van der Waals surface area (Å²) in [4.78, 5) is 11.5. The van der Waals surface area contributed by atoms with E-state index in [0.29, 0.717) is 14.3 Å². The van der Waals surface area contributed by atoms with Crippen molar-refractivity contribution < 1.29 is 9.52 Å². The molecule has 0 saturated carbocycles. The van der Waals surface area contributed by atoms with Gasteiger partial charge in [-0.15, -0.1) is 0 Å². The van der Waals surface area contributed by atoms with E-state index in [-0.39, 0.29) is 21.4 Å². The van der Waals surface area contributed by atoms with Crippen molar-refractivity contribution >= 4 is 58.8 Å². The lowest BCUT2D eigenvalue weighted by Crippen LogP contribution is -2.05. The van der Waals surface area contributed by atoms with Crippen molar-refractivity contribution in [1.82, 2.24) is 0 Å². The Morgan fingerprint density at radius 3 is 2.53 bits per heavy atom. The van der Waals surface area contributed by atoms with Gasteiger partial charge in [0.1, 0.15) is 16.3 Å². The van der Waals surface area contributed by atoms with Crippen LogP contribution in [0, 0.1) is 11.3 Å². The topological polar surface area (TPSA) is 74.2 Å². The Balaban J connectivity index is 3.09. The second-order valence-electron chi connectivity index (χ2n) is 3.09. The molecule has 1 N–H and O–H groups in total. The van der Waals surface area contributed by atoms with Crippen LogP contribution in [0.3, 0.4) is 0 Å². The number of fused-ring (bicyclic) bond motifs is 1. The minimum atomic E-state index is -0.755. The summed E-state index contributed by atoms with van der Waals surface area (Å²) in [6.07, 6.45) is 0. The molecule has 0 spiro atoms. The van der Waals surface area contributed by atoms with Gasteiger partial charge in [-0.05, 0) is 53.9 Å². The van der Waals surface area contributed by atoms with Gasteiger partial charge in [-0.3, -0.25) is 0 Å². The Labute approximate surface area is 120 Å². The summed E-state index contributed by atoms with van der Waals surface area (Å²) in [7, 11) is 0. The molecule has 86 valence electrons. The van der Waals surface area contributed by atoms with Crippen molar-refractivity contribution in [3.63, 3.8) is 0 Å². The molecule has 1 aromatic heterocycles. The average Bonchev–Trinajstić information content (AvgIpc) is 2.29. The summed E-state index contributed by atoms with van der Waals surface area (Å²) >= 11 is 9.47. The molecule has 0 unspecified atom stereocenters. The SMILES string of the molecule is N#Cc1c(Br)c2cc(Br)c(O)c(Br)c2oc1=O. The van der Waals surface area contributed by atoms with Crippen LogP contribution in [0.5, 0.6) is 5.75 Å². The highest BCUT2D eigenvalue weighted by Crippen LogP contribution is 2.40. The number of nitrogens with zero attached hydrogens (tertiary/aromatic N) is 1. The van der Waals surface area contributed by atoms with Gasteiger partial charge < -0.3 is 9.52 Å². The Hall–Kier alpha value is -0.840. The number of hydrogen-bond acceptors (Lipinski definition) is 4. The zero-order valence-corrected chi connectivity index (χ0v) is 12.7. The Morgan fingerprint density at radius 2 is 1.94 bits per heavy atom. The molecular weight excluding hydrogens is 422 g/mol. The normalized spacial score (nSPS) is 10.5. The molecule has 0 bridgehead atoms. The quantitative estimate of drug-likeness (QED) is 0.656. The predicted molar refractivity (Wildman–Crippen MR) is 72.0 cm³/mol. The molecule has 0 atom stereocenters. The first-order valence-electron chi connectivity index (χ1n) is 4.20. The summed E-state index contributed by atoms with van der Waals surface area (Å²) in [5.74, 6) is -0.0720. The van der Waals surface area contributed by atoms with Crippen molar-refractivity contribution in [1.29, 1.82) is 5.26 Å². The van der Waals surface area contributed by atoms with Crippen LogP contribution in [0.25, 0.3) is 11.0 Å². The molecule has 0 radical (unpaired) electrons. The lowest BCUT2D eigenvalue weighted by Gasteiger charge is -2.06. The first kappa shape index (κ1) is 12.6. The van der Waals surface area contributed by atoms with Gasteiger partial charge in [-0.25, -0.2) is 4.79 Å². The van der Waals surface area contributed by atoms with E-state index in [2.05, 4.69) is 47.8 Å². The molecule has 4 nitrogen and oxygen atoms in total. The van der Waals surface area contributed by atoms with Gasteiger partial charge >= 0.3 is 5.63 Å². The number of phenols is 1. The number of nitriles is 1. The zero-order valence-electron chi connectivity index (χ0n) is 7.92. The van der Waals surface area contributed by atoms with Gasteiger partial charge in [0, 0.05) is 5.39 Å². The van der Waals surface area contributed by atoms with E-state index >= 15 is 0 Å². The smallest absolute Gasteiger partial charge is 0.355 e. The number of halogens is 3. The average molecular weight is 424 g/mol. The molecule has 0 saturated heterocycles. The van der Waals surface area contributed by atoms with Crippen molar-refractivity contribution in [3.05, 3.63) is 35.5 Å². The highest BCUT2D eigenvalue weighted by atomic mass is 79.9. The van der Waals surface area contributed by atoms with Crippen molar-refractivity contribution in [2.75, 3.05) is 0 Å². The van der Waals surface area contributed by atoms with Crippen LogP contribution >= 0.6 is 47.8 Å². The summed E-state index contributed by atoms with van der Waals surface area (Å²) < 4.78 is 6.02. The van der Waals surface area contributed by atoms with Crippen molar-refractivity contribution in [2.45, 2.75) is 0 Å². The molecule has 7 heteroatoms. The monoisotopic (exact) mass is 421 g/mol. The molecule has 0 aliphatic rings. The van der Waals surface area contributed by atoms with Crippen LogP contribution in [0.15, 0.2) is 28.7 Å². The van der Waals surface area contributed by atoms with Crippen molar-refractivity contribution in [3.8, 4) is 11.8 Å². The third-order valence-corrected chi connectivity index (χ3v) is 4.28. The number of rotatable bonds is 0. The van der Waals surface area contributed by atoms with Crippen LogP contribution < -0.4 is 5.63 Å². The largest absolute Gasteiger partial charge is 0.505 e. The van der Waals surface area contributed by atoms with E-state index in [9.17, 15) is 9.90 Å². The van der Waals surface area contributed by atoms with E-state index < -0.39 is 5.63 Å². The van der Waals surface area contributed by atoms with Crippen LogP contribution in [-0.2, 0) is 0 Å². The molecule has 17 heavy (non-hydrogen) atoms. The number of benzene rings is 1. The van der Waals surface area contributed by atoms with Gasteiger partial charge in [-0.2, -0.15) is 5.26 Å². The summed E-state index contributed by atoms with van der Waals surface area (Å²) in [6.45, 7) is 0. The Morgan fingerprint density at radius 1 is 1.29 bits per heavy atom. The molecule has 0 aliphatic carbocycles. The lowest BCUT2D eigenvalue weighted by atomic mass is 10.2.